The van der Waals surface area contributed by atoms with E-state index in [0.29, 0.717) is 33.5 Å². The van der Waals surface area contributed by atoms with E-state index in [0.717, 1.165) is 6.07 Å². The number of aromatic nitrogens is 12. The second-order valence-electron chi connectivity index (χ2n) is 7.27. The van der Waals surface area contributed by atoms with Crippen molar-refractivity contribution < 1.29 is 9.90 Å². The largest absolute Gasteiger partial charge is 0.493 e. The molecule has 0 saturated carbocycles. The minimum Gasteiger partial charge on any atom is -0.493 e. The lowest BCUT2D eigenvalue weighted by Crippen LogP contribution is -2.09. The number of carbonyl (C=O) groups excluding carboxylic acids is 1. The number of anilines is 4. The van der Waals surface area contributed by atoms with Crippen molar-refractivity contribution in [2.75, 3.05) is 22.9 Å². The van der Waals surface area contributed by atoms with Crippen LogP contribution in [0.25, 0.3) is 22.1 Å². The van der Waals surface area contributed by atoms with E-state index in [1.165, 1.54) is 6.20 Å². The molecule has 6 heterocycles. The van der Waals surface area contributed by atoms with Crippen molar-refractivity contribution in [3.8, 4) is 5.88 Å². The summed E-state index contributed by atoms with van der Waals surface area (Å²) < 4.78 is 0. The molecular formula is C19H17Cl3N16O4. The summed E-state index contributed by atoms with van der Waals surface area (Å²) >= 11 is 16.7. The lowest BCUT2D eigenvalue weighted by Gasteiger charge is -1.97. The molecule has 0 aliphatic rings. The van der Waals surface area contributed by atoms with E-state index in [2.05, 4.69) is 60.3 Å². The molecule has 0 fully saturated rings. The smallest absolute Gasteiger partial charge is 0.263 e. The number of nitrogens with one attached hydrogen (secondary N) is 4. The highest BCUT2D eigenvalue weighted by molar-refractivity contribution is 6.37. The molecule has 6 aromatic heterocycles. The van der Waals surface area contributed by atoms with E-state index in [-0.39, 0.29) is 51.1 Å². The molecule has 6 aromatic rings. The first-order chi connectivity index (χ1) is 19.9. The molecule has 6 rings (SSSR count). The maximum Gasteiger partial charge on any atom is 0.263 e. The molecule has 0 aliphatic carbocycles. The van der Waals surface area contributed by atoms with Gasteiger partial charge in [0.05, 0.1) is 29.4 Å². The summed E-state index contributed by atoms with van der Waals surface area (Å²) in [6.07, 6.45) is 3.43. The van der Waals surface area contributed by atoms with Gasteiger partial charge in [-0.15, -0.1) is 0 Å². The van der Waals surface area contributed by atoms with Crippen LogP contribution in [0.3, 0.4) is 0 Å². The van der Waals surface area contributed by atoms with Crippen molar-refractivity contribution in [2.45, 2.75) is 0 Å². The number of halogens is 3. The molecule has 0 unspecified atom stereocenters. The number of hydrogen-bond acceptors (Lipinski definition) is 16. The van der Waals surface area contributed by atoms with Crippen LogP contribution in [0.5, 0.6) is 5.88 Å². The molecule has 23 heteroatoms. The number of aromatic amines is 4. The highest BCUT2D eigenvalue weighted by Crippen LogP contribution is 2.19. The molecule has 0 amide bonds. The van der Waals surface area contributed by atoms with Crippen LogP contribution < -0.4 is 34.1 Å². The van der Waals surface area contributed by atoms with Crippen molar-refractivity contribution in [3.63, 3.8) is 0 Å². The summed E-state index contributed by atoms with van der Waals surface area (Å²) in [7, 11) is 0. The Morgan fingerprint density at radius 3 is 1.81 bits per heavy atom. The fourth-order valence-electron chi connectivity index (χ4n) is 2.67. The van der Waals surface area contributed by atoms with Gasteiger partial charge in [-0.2, -0.15) is 25.1 Å². The fourth-order valence-corrected chi connectivity index (χ4v) is 3.39. The van der Waals surface area contributed by atoms with Crippen LogP contribution in [0, 0.1) is 0 Å². The molecule has 0 saturated heterocycles. The van der Waals surface area contributed by atoms with Gasteiger partial charge in [0.25, 0.3) is 11.1 Å². The Hall–Kier alpha value is -5.60. The molecule has 13 N–H and O–H groups in total. The highest BCUT2D eigenvalue weighted by Gasteiger charge is 2.08. The van der Waals surface area contributed by atoms with Crippen molar-refractivity contribution in [1.29, 1.82) is 0 Å². The summed E-state index contributed by atoms with van der Waals surface area (Å²) in [5.41, 5.74) is 21.1. The van der Waals surface area contributed by atoms with Crippen LogP contribution in [0.15, 0.2) is 28.0 Å². The number of carbonyl (C=O) groups is 1. The van der Waals surface area contributed by atoms with E-state index in [4.69, 9.17) is 62.8 Å². The van der Waals surface area contributed by atoms with Gasteiger partial charge in [-0.3, -0.25) is 34.5 Å². The van der Waals surface area contributed by atoms with E-state index in [1.54, 1.807) is 6.20 Å². The van der Waals surface area contributed by atoms with Gasteiger partial charge in [0.15, 0.2) is 17.6 Å². The third kappa shape index (κ3) is 8.20. The van der Waals surface area contributed by atoms with Gasteiger partial charge in [-0.1, -0.05) is 34.8 Å². The van der Waals surface area contributed by atoms with Crippen molar-refractivity contribution in [1.82, 2.24) is 60.3 Å². The topological polar surface area (TPSA) is 342 Å². The van der Waals surface area contributed by atoms with Gasteiger partial charge >= 0.3 is 0 Å². The Bertz CT molecular complexity index is 1920. The molecule has 0 bridgehead atoms. The lowest BCUT2D eigenvalue weighted by molar-refractivity contribution is 0.112. The Labute approximate surface area is 245 Å². The molecular weight excluding hydrogens is 623 g/mol. The van der Waals surface area contributed by atoms with Crippen LogP contribution in [-0.4, -0.2) is 71.7 Å². The zero-order valence-electron chi connectivity index (χ0n) is 20.5. The minimum atomic E-state index is -0.458. The van der Waals surface area contributed by atoms with E-state index >= 15 is 0 Å². The standard InChI is InChI=1S/C5H3Cl2N3O.C5H4ClN5.C5H5N5O.C4H5N3O2/c6-3-2(1-11)4(7)10-5(8)9-3;6-3-2-1-8-11-4(2)10-5(7)9-3;6-5-8-3-2(1-7-10-3)4(11)9-5;5-4-6-2(8)1-3(9)7-4/h1H,(H2,8,9,10);1H,(H3,7,8,9,10,11);1H,(H4,6,7,8,9,10,11);1H,(H4,5,6,7,8,9). The van der Waals surface area contributed by atoms with Gasteiger partial charge in [0, 0.05) is 0 Å². The van der Waals surface area contributed by atoms with Gasteiger partial charge in [-0.05, 0) is 0 Å². The van der Waals surface area contributed by atoms with Gasteiger partial charge in [-0.25, -0.2) is 15.0 Å². The second kappa shape index (κ2) is 13.6. The molecule has 0 spiro atoms. The Morgan fingerprint density at radius 2 is 1.24 bits per heavy atom. The maximum atomic E-state index is 11.0. The number of hydrogen-bond donors (Lipinski definition) is 9. The van der Waals surface area contributed by atoms with E-state index < -0.39 is 5.56 Å². The zero-order chi connectivity index (χ0) is 31.0. The SMILES string of the molecule is Nc1nc(Cl)c(C=O)c(Cl)n1.Nc1nc(Cl)c2cn[nH]c2n1.Nc1nc(O)cc(=O)[nH]1.Nc1nc2[nH]ncc2c(=O)[nH]1. The van der Waals surface area contributed by atoms with Crippen molar-refractivity contribution in [2.24, 2.45) is 0 Å². The van der Waals surface area contributed by atoms with Gasteiger partial charge < -0.3 is 28.0 Å². The zero-order valence-corrected chi connectivity index (χ0v) is 22.8. The molecule has 42 heavy (non-hydrogen) atoms. The predicted octanol–water partition coefficient (Wildman–Crippen LogP) is 0.0527. The normalized spacial score (nSPS) is 10.1. The number of nitrogens with two attached hydrogens (primary N) is 4. The van der Waals surface area contributed by atoms with Gasteiger partial charge in [0.2, 0.25) is 29.7 Å². The molecule has 0 radical (unpaired) electrons. The number of nitrogens with zero attached hydrogens (tertiary/aromatic N) is 8. The van der Waals surface area contributed by atoms with Crippen LogP contribution in [-0.2, 0) is 0 Å². The molecule has 0 aliphatic heterocycles. The monoisotopic (exact) mass is 638 g/mol. The van der Waals surface area contributed by atoms with Crippen LogP contribution in [0.1, 0.15) is 10.4 Å². The highest BCUT2D eigenvalue weighted by atomic mass is 35.5. The second-order valence-corrected chi connectivity index (χ2v) is 8.35. The summed E-state index contributed by atoms with van der Waals surface area (Å²) in [4.78, 5) is 57.9. The quantitative estimate of drug-likeness (QED) is 0.0847. The van der Waals surface area contributed by atoms with Crippen LogP contribution in [0.4, 0.5) is 23.8 Å². The predicted molar refractivity (Wildman–Crippen MR) is 153 cm³/mol. The van der Waals surface area contributed by atoms with Crippen LogP contribution in [0.2, 0.25) is 15.5 Å². The number of aromatic hydroxyl groups is 1. The Balaban J connectivity index is 0.000000154. The molecule has 218 valence electrons. The molecule has 20 nitrogen and oxygen atoms in total. The number of H-pyrrole nitrogens is 4. The fraction of sp³-hybridized carbons (Fsp3) is 0. The Morgan fingerprint density at radius 1 is 0.714 bits per heavy atom. The molecule has 0 atom stereocenters. The number of rotatable bonds is 1. The first-order valence-corrected chi connectivity index (χ1v) is 11.8. The maximum absolute atomic E-state index is 11.0. The third-order valence-electron chi connectivity index (χ3n) is 4.35. The summed E-state index contributed by atoms with van der Waals surface area (Å²) in [5.74, 6) is -0.264. The molecule has 0 aromatic carbocycles. The van der Waals surface area contributed by atoms with E-state index in [9.17, 15) is 14.4 Å². The van der Waals surface area contributed by atoms with E-state index in [1.807, 2.05) is 0 Å². The first-order valence-electron chi connectivity index (χ1n) is 10.7. The summed E-state index contributed by atoms with van der Waals surface area (Å²) in [6, 6.07) is 0.941. The average Bonchev–Trinajstić information content (AvgIpc) is 3.54. The first kappa shape index (κ1) is 30.9. The third-order valence-corrected chi connectivity index (χ3v) is 5.22. The van der Waals surface area contributed by atoms with Crippen molar-refractivity contribution in [3.05, 3.63) is 60.2 Å². The average molecular weight is 640 g/mol. The Kier molecular flexibility index (Phi) is 10.1. The van der Waals surface area contributed by atoms with Crippen LogP contribution >= 0.6 is 34.8 Å². The number of aldehydes is 1. The summed E-state index contributed by atoms with van der Waals surface area (Å²) in [6.45, 7) is 0. The van der Waals surface area contributed by atoms with Gasteiger partial charge in [0.1, 0.15) is 20.8 Å². The summed E-state index contributed by atoms with van der Waals surface area (Å²) in [5, 5.41) is 22.5. The van der Waals surface area contributed by atoms with Crippen molar-refractivity contribution >= 4 is 86.9 Å². The number of fused-ring (bicyclic) bond motifs is 2. The number of nitrogen functional groups attached to an aromatic ring is 4. The lowest BCUT2D eigenvalue weighted by atomic mass is 10.4. The minimum absolute atomic E-state index is 0.0301.